The van der Waals surface area contributed by atoms with Gasteiger partial charge in [0.05, 0.1) is 17.2 Å². The molecule has 0 saturated carbocycles. The summed E-state index contributed by atoms with van der Waals surface area (Å²) >= 11 is 2.90. The topological polar surface area (TPSA) is 66.4 Å². The first-order valence-corrected chi connectivity index (χ1v) is 7.98. The van der Waals surface area contributed by atoms with Gasteiger partial charge in [-0.25, -0.2) is 17.2 Å². The number of nitrogens with one attached hydrogen (secondary N) is 1. The van der Waals surface area contributed by atoms with Gasteiger partial charge in [0.1, 0.15) is 5.82 Å². The minimum absolute atomic E-state index is 0.0538. The molecule has 2 rings (SSSR count). The zero-order valence-electron chi connectivity index (χ0n) is 10.5. The van der Waals surface area contributed by atoms with E-state index in [-0.39, 0.29) is 21.7 Å². The number of sulfonamides is 1. The summed E-state index contributed by atoms with van der Waals surface area (Å²) in [5.74, 6) is -1.87. The van der Waals surface area contributed by atoms with Crippen LogP contribution in [0.5, 0.6) is 0 Å². The number of rotatable bonds is 4. The van der Waals surface area contributed by atoms with Gasteiger partial charge >= 0.3 is 0 Å². The molecule has 2 aromatic carbocycles. The molecular formula is C13H10BrF2NO3S. The fourth-order valence-electron chi connectivity index (χ4n) is 1.64. The minimum Gasteiger partial charge on any atom is -0.392 e. The Labute approximate surface area is 128 Å². The van der Waals surface area contributed by atoms with Gasteiger partial charge in [-0.1, -0.05) is 12.1 Å². The molecular weight excluding hydrogens is 368 g/mol. The first-order chi connectivity index (χ1) is 9.83. The lowest BCUT2D eigenvalue weighted by molar-refractivity contribution is 0.281. The average Bonchev–Trinajstić information content (AvgIpc) is 2.43. The molecule has 112 valence electrons. The van der Waals surface area contributed by atoms with E-state index in [0.717, 1.165) is 6.07 Å². The highest BCUT2D eigenvalue weighted by Gasteiger charge is 2.19. The van der Waals surface area contributed by atoms with Crippen molar-refractivity contribution in [3.05, 3.63) is 58.1 Å². The van der Waals surface area contributed by atoms with Crippen LogP contribution in [0.15, 0.2) is 45.8 Å². The lowest BCUT2D eigenvalue weighted by atomic mass is 10.2. The molecule has 21 heavy (non-hydrogen) atoms. The molecule has 0 atom stereocenters. The molecule has 0 saturated heterocycles. The largest absolute Gasteiger partial charge is 0.392 e. The van der Waals surface area contributed by atoms with Crippen molar-refractivity contribution in [2.45, 2.75) is 11.5 Å². The molecule has 2 N–H and O–H groups in total. The van der Waals surface area contributed by atoms with Gasteiger partial charge in [0.15, 0.2) is 5.82 Å². The predicted octanol–water partition coefficient (Wildman–Crippen LogP) is 3.02. The molecule has 0 bridgehead atoms. The maximum absolute atomic E-state index is 13.7. The SMILES string of the molecule is O=S(=O)(Nc1c(F)cc(F)cc1Br)c1cccc(CO)c1. The summed E-state index contributed by atoms with van der Waals surface area (Å²) in [5.41, 5.74) is 0.0160. The van der Waals surface area contributed by atoms with Crippen LogP contribution in [0.1, 0.15) is 5.56 Å². The number of hydrogen-bond donors (Lipinski definition) is 2. The Morgan fingerprint density at radius 2 is 1.90 bits per heavy atom. The zero-order valence-corrected chi connectivity index (χ0v) is 12.9. The van der Waals surface area contributed by atoms with E-state index in [0.29, 0.717) is 11.6 Å². The van der Waals surface area contributed by atoms with E-state index in [4.69, 9.17) is 5.11 Å². The average molecular weight is 378 g/mol. The van der Waals surface area contributed by atoms with Crippen molar-refractivity contribution in [3.63, 3.8) is 0 Å². The van der Waals surface area contributed by atoms with Gasteiger partial charge in [0.25, 0.3) is 10.0 Å². The molecule has 4 nitrogen and oxygen atoms in total. The smallest absolute Gasteiger partial charge is 0.262 e. The minimum atomic E-state index is -4.06. The van der Waals surface area contributed by atoms with Gasteiger partial charge in [0, 0.05) is 10.5 Å². The number of aliphatic hydroxyl groups excluding tert-OH is 1. The quantitative estimate of drug-likeness (QED) is 0.860. The van der Waals surface area contributed by atoms with E-state index in [2.05, 4.69) is 20.7 Å². The van der Waals surface area contributed by atoms with Crippen LogP contribution in [-0.2, 0) is 16.6 Å². The fraction of sp³-hybridized carbons (Fsp3) is 0.0769. The normalized spacial score (nSPS) is 11.4. The summed E-state index contributed by atoms with van der Waals surface area (Å²) in [4.78, 5) is -0.135. The predicted molar refractivity (Wildman–Crippen MR) is 77.2 cm³/mol. The standard InChI is InChI=1S/C13H10BrF2NO3S/c14-11-5-9(15)6-12(16)13(11)17-21(19,20)10-3-1-2-8(4-10)7-18/h1-6,17-18H,7H2. The maximum Gasteiger partial charge on any atom is 0.262 e. The van der Waals surface area contributed by atoms with E-state index in [1.807, 2.05) is 0 Å². The van der Waals surface area contributed by atoms with Gasteiger partial charge in [-0.05, 0) is 39.7 Å². The third-order valence-corrected chi connectivity index (χ3v) is 4.61. The molecule has 8 heteroatoms. The van der Waals surface area contributed by atoms with Crippen molar-refractivity contribution in [1.82, 2.24) is 0 Å². The lowest BCUT2D eigenvalue weighted by Gasteiger charge is -2.11. The van der Waals surface area contributed by atoms with Crippen molar-refractivity contribution in [2.75, 3.05) is 4.72 Å². The fourth-order valence-corrected chi connectivity index (χ4v) is 3.44. The Bertz CT molecular complexity index is 758. The van der Waals surface area contributed by atoms with E-state index in [9.17, 15) is 17.2 Å². The van der Waals surface area contributed by atoms with E-state index >= 15 is 0 Å². The van der Waals surface area contributed by atoms with Crippen LogP contribution in [0.25, 0.3) is 0 Å². The third kappa shape index (κ3) is 3.58. The Morgan fingerprint density at radius 1 is 1.19 bits per heavy atom. The molecule has 0 aliphatic heterocycles. The maximum atomic E-state index is 13.7. The highest BCUT2D eigenvalue weighted by atomic mass is 79.9. The van der Waals surface area contributed by atoms with Crippen LogP contribution in [0.3, 0.4) is 0 Å². The van der Waals surface area contributed by atoms with Gasteiger partial charge in [0.2, 0.25) is 0 Å². The number of aliphatic hydroxyl groups is 1. The molecule has 0 amide bonds. The van der Waals surface area contributed by atoms with Crippen molar-refractivity contribution in [2.24, 2.45) is 0 Å². The Morgan fingerprint density at radius 3 is 2.52 bits per heavy atom. The molecule has 0 aromatic heterocycles. The number of hydrogen-bond acceptors (Lipinski definition) is 3. The molecule has 2 aromatic rings. The van der Waals surface area contributed by atoms with E-state index < -0.39 is 21.7 Å². The summed E-state index contributed by atoms with van der Waals surface area (Å²) in [5, 5.41) is 9.01. The molecule has 0 spiro atoms. The van der Waals surface area contributed by atoms with Gasteiger partial charge in [-0.2, -0.15) is 0 Å². The first-order valence-electron chi connectivity index (χ1n) is 5.70. The highest BCUT2D eigenvalue weighted by Crippen LogP contribution is 2.29. The number of benzene rings is 2. The summed E-state index contributed by atoms with van der Waals surface area (Å²) in [6, 6.07) is 7.09. The van der Waals surface area contributed by atoms with Gasteiger partial charge in [-0.15, -0.1) is 0 Å². The van der Waals surface area contributed by atoms with Crippen molar-refractivity contribution in [1.29, 1.82) is 0 Å². The molecule has 0 unspecified atom stereocenters. The summed E-state index contributed by atoms with van der Waals surface area (Å²) in [7, 11) is -4.06. The van der Waals surface area contributed by atoms with Crippen molar-refractivity contribution in [3.8, 4) is 0 Å². The van der Waals surface area contributed by atoms with Crippen LogP contribution < -0.4 is 4.72 Å². The first kappa shape index (κ1) is 15.9. The van der Waals surface area contributed by atoms with Crippen LogP contribution >= 0.6 is 15.9 Å². The molecule has 0 aliphatic carbocycles. The Balaban J connectivity index is 2.42. The van der Waals surface area contributed by atoms with Crippen LogP contribution in [0, 0.1) is 11.6 Å². The van der Waals surface area contributed by atoms with Crippen LogP contribution in [0.4, 0.5) is 14.5 Å². The summed E-state index contributed by atoms with van der Waals surface area (Å²) in [6.45, 7) is -0.321. The number of halogens is 3. The summed E-state index contributed by atoms with van der Waals surface area (Å²) in [6.07, 6.45) is 0. The lowest BCUT2D eigenvalue weighted by Crippen LogP contribution is -2.15. The van der Waals surface area contributed by atoms with Crippen LogP contribution in [0.2, 0.25) is 0 Å². The molecule has 0 heterocycles. The van der Waals surface area contributed by atoms with E-state index in [1.165, 1.54) is 18.2 Å². The summed E-state index contributed by atoms with van der Waals surface area (Å²) < 4.78 is 53.0. The van der Waals surface area contributed by atoms with Gasteiger partial charge in [-0.3, -0.25) is 4.72 Å². The second kappa shape index (κ2) is 6.08. The zero-order chi connectivity index (χ0) is 15.6. The molecule has 0 fully saturated rings. The second-order valence-electron chi connectivity index (χ2n) is 4.16. The number of anilines is 1. The Hall–Kier alpha value is -1.51. The highest BCUT2D eigenvalue weighted by molar-refractivity contribution is 9.10. The van der Waals surface area contributed by atoms with Gasteiger partial charge < -0.3 is 5.11 Å². The van der Waals surface area contributed by atoms with Crippen molar-refractivity contribution >= 4 is 31.6 Å². The van der Waals surface area contributed by atoms with Crippen molar-refractivity contribution < 1.29 is 22.3 Å². The van der Waals surface area contributed by atoms with E-state index in [1.54, 1.807) is 6.07 Å². The Kier molecular flexibility index (Phi) is 4.60. The second-order valence-corrected chi connectivity index (χ2v) is 6.69. The molecule has 0 aliphatic rings. The monoisotopic (exact) mass is 377 g/mol. The third-order valence-electron chi connectivity index (χ3n) is 2.63. The van der Waals surface area contributed by atoms with Crippen LogP contribution in [-0.4, -0.2) is 13.5 Å². The molecule has 0 radical (unpaired) electrons.